The summed E-state index contributed by atoms with van der Waals surface area (Å²) in [6, 6.07) is 13.1. The van der Waals surface area contributed by atoms with Gasteiger partial charge in [0.2, 0.25) is 0 Å². The number of anilines is 1. The second-order valence-corrected chi connectivity index (χ2v) is 8.32. The van der Waals surface area contributed by atoms with Crippen LogP contribution < -0.4 is 20.3 Å². The number of hydrogen-bond donors (Lipinski definition) is 2. The SMILES string of the molecule is CN=C(NCCOc1ccccc1C(C)C)NC1CCN(c2cccs2)CC1.I. The number of benzene rings is 1. The second kappa shape index (κ2) is 12.3. The molecule has 0 spiro atoms. The van der Waals surface area contributed by atoms with Gasteiger partial charge in [0.1, 0.15) is 12.4 Å². The van der Waals surface area contributed by atoms with E-state index in [4.69, 9.17) is 4.74 Å². The number of thiophene rings is 1. The van der Waals surface area contributed by atoms with Crippen molar-refractivity contribution in [2.75, 3.05) is 38.2 Å². The smallest absolute Gasteiger partial charge is 0.191 e. The summed E-state index contributed by atoms with van der Waals surface area (Å²) in [6.45, 7) is 7.89. The van der Waals surface area contributed by atoms with Crippen LogP contribution in [0.25, 0.3) is 0 Å². The highest BCUT2D eigenvalue weighted by Crippen LogP contribution is 2.26. The van der Waals surface area contributed by atoms with Gasteiger partial charge in [-0.2, -0.15) is 0 Å². The zero-order chi connectivity index (χ0) is 19.8. The summed E-state index contributed by atoms with van der Waals surface area (Å²) in [7, 11) is 1.82. The highest BCUT2D eigenvalue weighted by atomic mass is 127. The first-order valence-corrected chi connectivity index (χ1v) is 11.0. The molecule has 2 N–H and O–H groups in total. The van der Waals surface area contributed by atoms with Crippen molar-refractivity contribution < 1.29 is 4.74 Å². The monoisotopic (exact) mass is 528 g/mol. The molecule has 0 unspecified atom stereocenters. The van der Waals surface area contributed by atoms with Crippen LogP contribution in [0.1, 0.15) is 38.2 Å². The number of para-hydroxylation sites is 1. The Hall–Kier alpha value is -1.48. The normalized spacial score (nSPS) is 15.2. The van der Waals surface area contributed by atoms with Gasteiger partial charge < -0.3 is 20.3 Å². The van der Waals surface area contributed by atoms with Crippen LogP contribution >= 0.6 is 35.3 Å². The van der Waals surface area contributed by atoms with Gasteiger partial charge in [-0.15, -0.1) is 35.3 Å². The number of rotatable bonds is 7. The predicted molar refractivity (Wildman–Crippen MR) is 135 cm³/mol. The maximum absolute atomic E-state index is 5.99. The molecule has 0 saturated carbocycles. The maximum atomic E-state index is 5.99. The van der Waals surface area contributed by atoms with Gasteiger partial charge in [0, 0.05) is 26.2 Å². The quantitative estimate of drug-likeness (QED) is 0.237. The molecule has 2 aromatic rings. The predicted octanol–water partition coefficient (Wildman–Crippen LogP) is 4.70. The zero-order valence-corrected chi connectivity index (χ0v) is 20.7. The number of halogens is 1. The lowest BCUT2D eigenvalue weighted by Gasteiger charge is -2.33. The molecule has 1 aromatic heterocycles. The summed E-state index contributed by atoms with van der Waals surface area (Å²) in [5.41, 5.74) is 1.25. The fourth-order valence-corrected chi connectivity index (χ4v) is 4.29. The molecule has 5 nitrogen and oxygen atoms in total. The topological polar surface area (TPSA) is 48.9 Å². The summed E-state index contributed by atoms with van der Waals surface area (Å²) < 4.78 is 5.99. The highest BCUT2D eigenvalue weighted by Gasteiger charge is 2.20. The van der Waals surface area contributed by atoms with Crippen LogP contribution in [0.15, 0.2) is 46.8 Å². The number of ether oxygens (including phenoxy) is 1. The molecular weight excluding hydrogens is 495 g/mol. The van der Waals surface area contributed by atoms with E-state index in [1.165, 1.54) is 10.6 Å². The second-order valence-electron chi connectivity index (χ2n) is 7.40. The third-order valence-corrected chi connectivity index (χ3v) is 6.00. The Labute approximate surface area is 196 Å². The molecule has 0 bridgehead atoms. The average Bonchev–Trinajstić information content (AvgIpc) is 3.26. The molecule has 3 rings (SSSR count). The van der Waals surface area contributed by atoms with Crippen molar-refractivity contribution in [1.29, 1.82) is 0 Å². The van der Waals surface area contributed by atoms with Crippen molar-refractivity contribution in [2.24, 2.45) is 4.99 Å². The van der Waals surface area contributed by atoms with Crippen LogP contribution in [0.3, 0.4) is 0 Å². The minimum atomic E-state index is 0. The maximum Gasteiger partial charge on any atom is 0.191 e. The van der Waals surface area contributed by atoms with E-state index >= 15 is 0 Å². The largest absolute Gasteiger partial charge is 0.491 e. The third-order valence-electron chi connectivity index (χ3n) is 5.07. The Bertz CT molecular complexity index is 743. The van der Waals surface area contributed by atoms with Crippen molar-refractivity contribution in [3.63, 3.8) is 0 Å². The molecule has 1 aliphatic heterocycles. The van der Waals surface area contributed by atoms with E-state index in [0.717, 1.165) is 44.2 Å². The first-order chi connectivity index (χ1) is 13.7. The van der Waals surface area contributed by atoms with E-state index in [-0.39, 0.29) is 24.0 Å². The summed E-state index contributed by atoms with van der Waals surface area (Å²) in [5.74, 6) is 2.29. The number of nitrogens with zero attached hydrogens (tertiary/aromatic N) is 2. The van der Waals surface area contributed by atoms with E-state index < -0.39 is 0 Å². The van der Waals surface area contributed by atoms with Crippen molar-refractivity contribution in [3.8, 4) is 5.75 Å². The highest BCUT2D eigenvalue weighted by molar-refractivity contribution is 14.0. The summed E-state index contributed by atoms with van der Waals surface area (Å²) in [4.78, 5) is 6.84. The lowest BCUT2D eigenvalue weighted by atomic mass is 10.0. The van der Waals surface area contributed by atoms with Gasteiger partial charge in [-0.3, -0.25) is 4.99 Å². The van der Waals surface area contributed by atoms with Crippen LogP contribution in [-0.2, 0) is 0 Å². The Kier molecular flexibility index (Phi) is 10.1. The minimum Gasteiger partial charge on any atom is -0.491 e. The molecule has 1 aliphatic rings. The van der Waals surface area contributed by atoms with Gasteiger partial charge in [0.15, 0.2) is 5.96 Å². The molecular formula is C22H33IN4OS. The van der Waals surface area contributed by atoms with Crippen LogP contribution in [-0.4, -0.2) is 45.3 Å². The standard InChI is InChI=1S/C22H32N4OS.HI/c1-17(2)19-7-4-5-8-20(19)27-15-12-24-22(23-3)25-18-10-13-26(14-11-18)21-9-6-16-28-21;/h4-9,16-18H,10-15H2,1-3H3,(H2,23,24,25);1H. The van der Waals surface area contributed by atoms with Gasteiger partial charge in [-0.05, 0) is 47.9 Å². The number of aliphatic imine (C=N–C) groups is 1. The fraction of sp³-hybridized carbons (Fsp3) is 0.500. The molecule has 160 valence electrons. The molecule has 0 aliphatic carbocycles. The van der Waals surface area contributed by atoms with Crippen molar-refractivity contribution in [3.05, 3.63) is 47.3 Å². The van der Waals surface area contributed by atoms with E-state index in [2.05, 4.69) is 64.0 Å². The molecule has 1 aromatic carbocycles. The van der Waals surface area contributed by atoms with Gasteiger partial charge in [0.25, 0.3) is 0 Å². The van der Waals surface area contributed by atoms with E-state index in [1.54, 1.807) is 0 Å². The number of hydrogen-bond acceptors (Lipinski definition) is 4. The summed E-state index contributed by atoms with van der Waals surface area (Å²) in [6.07, 6.45) is 2.24. The van der Waals surface area contributed by atoms with E-state index in [1.807, 2.05) is 30.5 Å². The Morgan fingerprint density at radius 3 is 2.62 bits per heavy atom. The molecule has 0 atom stereocenters. The average molecular weight is 529 g/mol. The van der Waals surface area contributed by atoms with Gasteiger partial charge in [-0.1, -0.05) is 32.0 Å². The van der Waals surface area contributed by atoms with Crippen molar-refractivity contribution >= 4 is 46.3 Å². The van der Waals surface area contributed by atoms with Crippen molar-refractivity contribution in [1.82, 2.24) is 10.6 Å². The molecule has 2 heterocycles. The number of piperidine rings is 1. The number of guanidine groups is 1. The molecule has 0 amide bonds. The van der Waals surface area contributed by atoms with Gasteiger partial charge >= 0.3 is 0 Å². The molecule has 1 fully saturated rings. The van der Waals surface area contributed by atoms with Gasteiger partial charge in [-0.25, -0.2) is 0 Å². The molecule has 29 heavy (non-hydrogen) atoms. The van der Waals surface area contributed by atoms with Gasteiger partial charge in [0.05, 0.1) is 11.5 Å². The van der Waals surface area contributed by atoms with Crippen LogP contribution in [0.4, 0.5) is 5.00 Å². The molecule has 0 radical (unpaired) electrons. The third kappa shape index (κ3) is 7.06. The Balaban J connectivity index is 0.00000300. The molecule has 1 saturated heterocycles. The number of nitrogens with one attached hydrogen (secondary N) is 2. The first kappa shape index (κ1) is 23.8. The van der Waals surface area contributed by atoms with E-state index in [9.17, 15) is 0 Å². The van der Waals surface area contributed by atoms with Crippen LogP contribution in [0.5, 0.6) is 5.75 Å². The minimum absolute atomic E-state index is 0. The Morgan fingerprint density at radius 1 is 1.21 bits per heavy atom. The van der Waals surface area contributed by atoms with E-state index in [0.29, 0.717) is 18.6 Å². The lowest BCUT2D eigenvalue weighted by Crippen LogP contribution is -2.49. The summed E-state index contributed by atoms with van der Waals surface area (Å²) >= 11 is 1.82. The van der Waals surface area contributed by atoms with Crippen LogP contribution in [0, 0.1) is 0 Å². The first-order valence-electron chi connectivity index (χ1n) is 10.1. The Morgan fingerprint density at radius 2 is 1.97 bits per heavy atom. The van der Waals surface area contributed by atoms with Crippen molar-refractivity contribution in [2.45, 2.75) is 38.6 Å². The summed E-state index contributed by atoms with van der Waals surface area (Å²) in [5, 5.41) is 10.5. The lowest BCUT2D eigenvalue weighted by molar-refractivity contribution is 0.317. The zero-order valence-electron chi connectivity index (χ0n) is 17.6. The molecule has 7 heteroatoms. The fourth-order valence-electron chi connectivity index (χ4n) is 3.50. The van der Waals surface area contributed by atoms with Crippen LogP contribution in [0.2, 0.25) is 0 Å².